The van der Waals surface area contributed by atoms with Crippen molar-refractivity contribution in [1.29, 1.82) is 0 Å². The van der Waals surface area contributed by atoms with Gasteiger partial charge in [-0.25, -0.2) is 8.42 Å². The van der Waals surface area contributed by atoms with Gasteiger partial charge in [0.1, 0.15) is 17.8 Å². The molecule has 2 saturated heterocycles. The third-order valence-corrected chi connectivity index (χ3v) is 10.1. The molecule has 5 atom stereocenters. The number of amides is 3. The van der Waals surface area contributed by atoms with Gasteiger partial charge in [-0.1, -0.05) is 18.2 Å². The van der Waals surface area contributed by atoms with Gasteiger partial charge in [0, 0.05) is 31.1 Å². The van der Waals surface area contributed by atoms with Crippen LogP contribution in [-0.2, 0) is 24.4 Å². The van der Waals surface area contributed by atoms with E-state index < -0.39 is 45.2 Å². The van der Waals surface area contributed by atoms with Crippen molar-refractivity contribution in [1.82, 2.24) is 25.2 Å². The minimum absolute atomic E-state index is 0. The van der Waals surface area contributed by atoms with Crippen molar-refractivity contribution in [3.8, 4) is 5.75 Å². The second-order valence-electron chi connectivity index (χ2n) is 10.5. The Morgan fingerprint density at radius 1 is 1.03 bits per heavy atom. The summed E-state index contributed by atoms with van der Waals surface area (Å²) in [4.78, 5) is 41.9. The molecule has 3 amide bonds. The summed E-state index contributed by atoms with van der Waals surface area (Å²) in [6.45, 7) is 5.38. The van der Waals surface area contributed by atoms with Crippen LogP contribution in [-0.4, -0.2) is 91.5 Å². The van der Waals surface area contributed by atoms with Crippen LogP contribution in [0.2, 0.25) is 0 Å². The number of fused-ring (bicyclic) bond motifs is 2. The second-order valence-corrected chi connectivity index (χ2v) is 13.0. The summed E-state index contributed by atoms with van der Waals surface area (Å²) in [5.41, 5.74) is 0.904. The van der Waals surface area contributed by atoms with Gasteiger partial charge in [0.15, 0.2) is 0 Å². The highest BCUT2D eigenvalue weighted by atomic mass is 35.5. The molecule has 39 heavy (non-hydrogen) atoms. The number of benzene rings is 1. The van der Waals surface area contributed by atoms with E-state index in [0.717, 1.165) is 11.3 Å². The lowest BCUT2D eigenvalue weighted by atomic mass is 10.00. The molecule has 1 aromatic carbocycles. The molecular weight excluding hydrogens is 546 g/mol. The lowest BCUT2D eigenvalue weighted by Crippen LogP contribution is -2.62. The monoisotopic (exact) mass is 585 g/mol. The van der Waals surface area contributed by atoms with Crippen molar-refractivity contribution >= 4 is 40.2 Å². The average Bonchev–Trinajstić information content (AvgIpc) is 3.32. The molecule has 3 aliphatic rings. The van der Waals surface area contributed by atoms with Crippen LogP contribution in [0.25, 0.3) is 0 Å². The van der Waals surface area contributed by atoms with Crippen LogP contribution in [0.15, 0.2) is 24.3 Å². The molecule has 218 valence electrons. The zero-order valence-corrected chi connectivity index (χ0v) is 24.5. The highest BCUT2D eigenvalue weighted by Crippen LogP contribution is 2.34. The number of carbonyl (C=O) groups excluding carboxylic acids is 3. The minimum atomic E-state index is -3.66. The minimum Gasteiger partial charge on any atom is -0.493 e. The number of carbonyl (C=O) groups is 3. The molecule has 13 heteroatoms. The molecule has 11 nitrogen and oxygen atoms in total. The van der Waals surface area contributed by atoms with Crippen LogP contribution in [0.1, 0.15) is 58.1 Å². The SMILES string of the molecule is CN[C@@H](C)C(=O)N[C@H]1CN(S(=O)(=O)C(C)C)CC[C@H]2CC[C@@H](C(=O)N[C@@H]3CCOc4ccccc43)N2C1=O.Cl. The largest absolute Gasteiger partial charge is 0.493 e. The van der Waals surface area contributed by atoms with E-state index in [0.29, 0.717) is 32.3 Å². The van der Waals surface area contributed by atoms with E-state index in [1.807, 2.05) is 24.3 Å². The maximum absolute atomic E-state index is 13.9. The molecule has 0 spiro atoms. The molecule has 1 aromatic rings. The van der Waals surface area contributed by atoms with Gasteiger partial charge < -0.3 is 25.6 Å². The standard InChI is InChI=1S/C26H39N5O6S.ClH/c1-16(2)38(35,36)30-13-11-18-9-10-22(31(18)26(34)21(15-30)29-24(32)17(3)27-4)25(33)28-20-12-14-37-23-8-6-5-7-19(20)23;/h5-8,16-18,20-22,27H,9-15H2,1-4H3,(H,28,33)(H,29,32);1H/t17-,18+,20+,21-,22-;/m0./s1. The summed E-state index contributed by atoms with van der Waals surface area (Å²) in [6, 6.07) is 4.68. The van der Waals surface area contributed by atoms with Crippen LogP contribution in [0.4, 0.5) is 0 Å². The van der Waals surface area contributed by atoms with Crippen molar-refractivity contribution < 1.29 is 27.5 Å². The molecule has 4 rings (SSSR count). The summed E-state index contributed by atoms with van der Waals surface area (Å²) in [7, 11) is -2.03. The molecule has 0 unspecified atom stereocenters. The number of ether oxygens (including phenoxy) is 1. The van der Waals surface area contributed by atoms with E-state index in [1.54, 1.807) is 32.7 Å². The summed E-state index contributed by atoms with van der Waals surface area (Å²) in [6.07, 6.45) is 2.10. The van der Waals surface area contributed by atoms with Crippen molar-refractivity contribution in [2.45, 2.75) is 81.9 Å². The Labute approximate surface area is 236 Å². The van der Waals surface area contributed by atoms with E-state index in [1.165, 1.54) is 4.31 Å². The Hall–Kier alpha value is -2.41. The highest BCUT2D eigenvalue weighted by molar-refractivity contribution is 7.89. The first kappa shape index (κ1) is 31.1. The molecule has 3 heterocycles. The van der Waals surface area contributed by atoms with Crippen LogP contribution in [0, 0.1) is 0 Å². The fraction of sp³-hybridized carbons (Fsp3) is 0.654. The van der Waals surface area contributed by atoms with Gasteiger partial charge in [0.2, 0.25) is 27.7 Å². The van der Waals surface area contributed by atoms with E-state index in [4.69, 9.17) is 4.74 Å². The molecule has 0 aliphatic carbocycles. The zero-order chi connectivity index (χ0) is 27.6. The number of nitrogens with one attached hydrogen (secondary N) is 3. The number of para-hydroxylation sites is 1. The molecule has 3 aliphatic heterocycles. The van der Waals surface area contributed by atoms with Gasteiger partial charge in [-0.15, -0.1) is 12.4 Å². The van der Waals surface area contributed by atoms with Gasteiger partial charge in [-0.05, 0) is 53.1 Å². The van der Waals surface area contributed by atoms with Gasteiger partial charge in [0.25, 0.3) is 0 Å². The van der Waals surface area contributed by atoms with Crippen LogP contribution in [0.5, 0.6) is 5.75 Å². The fourth-order valence-corrected chi connectivity index (χ4v) is 6.74. The fourth-order valence-electron chi connectivity index (χ4n) is 5.43. The Bertz CT molecular complexity index is 1170. The van der Waals surface area contributed by atoms with Crippen molar-refractivity contribution in [2.75, 3.05) is 26.7 Å². The maximum atomic E-state index is 13.9. The smallest absolute Gasteiger partial charge is 0.247 e. The second kappa shape index (κ2) is 12.8. The number of halogens is 1. The van der Waals surface area contributed by atoms with Gasteiger partial charge in [-0.2, -0.15) is 4.31 Å². The lowest BCUT2D eigenvalue weighted by molar-refractivity contribution is -0.144. The van der Waals surface area contributed by atoms with Crippen LogP contribution >= 0.6 is 12.4 Å². The Kier molecular flexibility index (Phi) is 10.2. The Morgan fingerprint density at radius 2 is 1.74 bits per heavy atom. The Morgan fingerprint density at radius 3 is 2.44 bits per heavy atom. The summed E-state index contributed by atoms with van der Waals surface area (Å²) in [5.74, 6) is -0.351. The van der Waals surface area contributed by atoms with Crippen molar-refractivity contribution in [2.24, 2.45) is 0 Å². The number of sulfonamides is 1. The molecule has 2 fully saturated rings. The quantitative estimate of drug-likeness (QED) is 0.433. The summed E-state index contributed by atoms with van der Waals surface area (Å²) >= 11 is 0. The average molecular weight is 586 g/mol. The van der Waals surface area contributed by atoms with Crippen molar-refractivity contribution in [3.63, 3.8) is 0 Å². The molecular formula is C26H40ClN5O6S. The number of hydrogen-bond acceptors (Lipinski definition) is 7. The topological polar surface area (TPSA) is 137 Å². The third-order valence-electron chi connectivity index (χ3n) is 7.83. The molecule has 0 saturated carbocycles. The van der Waals surface area contributed by atoms with Crippen molar-refractivity contribution in [3.05, 3.63) is 29.8 Å². The first-order valence-corrected chi connectivity index (χ1v) is 14.9. The van der Waals surface area contributed by atoms with E-state index in [9.17, 15) is 22.8 Å². The first-order chi connectivity index (χ1) is 18.0. The van der Waals surface area contributed by atoms with E-state index >= 15 is 0 Å². The predicted molar refractivity (Wildman–Crippen MR) is 149 cm³/mol. The zero-order valence-electron chi connectivity index (χ0n) is 22.9. The number of hydrogen-bond donors (Lipinski definition) is 3. The van der Waals surface area contributed by atoms with Crippen LogP contribution in [0.3, 0.4) is 0 Å². The first-order valence-electron chi connectivity index (χ1n) is 13.4. The van der Waals surface area contributed by atoms with E-state index in [-0.39, 0.29) is 43.5 Å². The van der Waals surface area contributed by atoms with Gasteiger partial charge in [0.05, 0.1) is 23.9 Å². The molecule has 0 aromatic heterocycles. The number of nitrogens with zero attached hydrogens (tertiary/aromatic N) is 2. The lowest BCUT2D eigenvalue weighted by Gasteiger charge is -2.39. The molecule has 3 N–H and O–H groups in total. The maximum Gasteiger partial charge on any atom is 0.247 e. The van der Waals surface area contributed by atoms with Crippen LogP contribution < -0.4 is 20.7 Å². The van der Waals surface area contributed by atoms with Gasteiger partial charge >= 0.3 is 0 Å². The summed E-state index contributed by atoms with van der Waals surface area (Å²) < 4.78 is 33.2. The highest BCUT2D eigenvalue weighted by Gasteiger charge is 2.47. The third kappa shape index (κ3) is 6.50. The number of likely N-dealkylation sites (N-methyl/N-ethyl adjacent to an activating group) is 1. The van der Waals surface area contributed by atoms with E-state index in [2.05, 4.69) is 16.0 Å². The molecule has 0 radical (unpaired) electrons. The summed E-state index contributed by atoms with van der Waals surface area (Å²) in [5, 5.41) is 8.05. The normalized spacial score (nSPS) is 26.3. The number of rotatable bonds is 7. The predicted octanol–water partition coefficient (Wildman–Crippen LogP) is 0.944. The van der Waals surface area contributed by atoms with Gasteiger partial charge in [-0.3, -0.25) is 14.4 Å². The Balaban J connectivity index is 0.00000420. The molecule has 0 bridgehead atoms.